The second kappa shape index (κ2) is 8.00. The molecule has 5 rings (SSSR count). The fourth-order valence-corrected chi connectivity index (χ4v) is 5.43. The summed E-state index contributed by atoms with van der Waals surface area (Å²) in [7, 11) is 0. The highest BCUT2D eigenvalue weighted by molar-refractivity contribution is 5.90. The molecule has 0 aromatic heterocycles. The molecule has 4 fully saturated rings. The Morgan fingerprint density at radius 1 is 1.10 bits per heavy atom. The summed E-state index contributed by atoms with van der Waals surface area (Å²) in [5.74, 6) is -2.67. The van der Waals surface area contributed by atoms with Crippen molar-refractivity contribution in [2.45, 2.75) is 18.6 Å². The van der Waals surface area contributed by atoms with Crippen LogP contribution in [0.5, 0.6) is 0 Å². The van der Waals surface area contributed by atoms with Crippen molar-refractivity contribution < 1.29 is 33.3 Å². The minimum atomic E-state index is -0.612. The minimum absolute atomic E-state index is 0.0899. The SMILES string of the molecule is O=C(OC1C2CC3C1OC(=O)C3C2C(=O)OCCN1CCOCC1)c1ccccc1. The number of ether oxygens (including phenoxy) is 4. The molecule has 0 amide bonds. The molecule has 2 heterocycles. The largest absolute Gasteiger partial charge is 0.464 e. The van der Waals surface area contributed by atoms with Gasteiger partial charge in [0.1, 0.15) is 18.8 Å². The summed E-state index contributed by atoms with van der Waals surface area (Å²) < 4.78 is 22.1. The van der Waals surface area contributed by atoms with E-state index in [-0.39, 0.29) is 30.4 Å². The summed E-state index contributed by atoms with van der Waals surface area (Å²) in [6, 6.07) is 8.70. The molecule has 2 aliphatic heterocycles. The number of hydrogen-bond donors (Lipinski definition) is 0. The van der Waals surface area contributed by atoms with Crippen molar-refractivity contribution in [3.8, 4) is 0 Å². The van der Waals surface area contributed by atoms with Crippen LogP contribution < -0.4 is 0 Å². The first-order valence-corrected chi connectivity index (χ1v) is 10.6. The van der Waals surface area contributed by atoms with E-state index in [2.05, 4.69) is 4.90 Å². The van der Waals surface area contributed by atoms with Crippen molar-refractivity contribution in [3.05, 3.63) is 35.9 Å². The Morgan fingerprint density at radius 3 is 2.63 bits per heavy atom. The van der Waals surface area contributed by atoms with Gasteiger partial charge in [-0.25, -0.2) is 4.79 Å². The molecule has 2 saturated carbocycles. The number of rotatable bonds is 6. The maximum Gasteiger partial charge on any atom is 0.338 e. The van der Waals surface area contributed by atoms with Crippen molar-refractivity contribution >= 4 is 17.9 Å². The molecule has 8 heteroatoms. The van der Waals surface area contributed by atoms with E-state index in [0.717, 1.165) is 13.1 Å². The summed E-state index contributed by atoms with van der Waals surface area (Å²) in [6.07, 6.45) is -0.434. The Morgan fingerprint density at radius 2 is 1.87 bits per heavy atom. The highest BCUT2D eigenvalue weighted by Crippen LogP contribution is 2.59. The lowest BCUT2D eigenvalue weighted by Crippen LogP contribution is -2.44. The van der Waals surface area contributed by atoms with Gasteiger partial charge in [0, 0.05) is 31.5 Å². The summed E-state index contributed by atoms with van der Waals surface area (Å²) >= 11 is 0. The van der Waals surface area contributed by atoms with Crippen molar-refractivity contribution in [3.63, 3.8) is 0 Å². The van der Waals surface area contributed by atoms with Gasteiger partial charge in [-0.1, -0.05) is 18.2 Å². The van der Waals surface area contributed by atoms with Gasteiger partial charge in [-0.15, -0.1) is 0 Å². The van der Waals surface area contributed by atoms with Crippen LogP contribution in [-0.4, -0.2) is 74.5 Å². The Kier molecular flexibility index (Phi) is 5.20. The van der Waals surface area contributed by atoms with Crippen LogP contribution in [0.15, 0.2) is 30.3 Å². The molecule has 6 unspecified atom stereocenters. The quantitative estimate of drug-likeness (QED) is 0.500. The monoisotopic (exact) mass is 415 g/mol. The maximum atomic E-state index is 12.9. The summed E-state index contributed by atoms with van der Waals surface area (Å²) in [4.78, 5) is 40.1. The number of esters is 3. The molecule has 0 N–H and O–H groups in total. The van der Waals surface area contributed by atoms with E-state index in [1.807, 2.05) is 6.07 Å². The zero-order valence-corrected chi connectivity index (χ0v) is 16.6. The van der Waals surface area contributed by atoms with Crippen LogP contribution in [0.25, 0.3) is 0 Å². The van der Waals surface area contributed by atoms with Gasteiger partial charge in [0.25, 0.3) is 0 Å². The lowest BCUT2D eigenvalue weighted by atomic mass is 9.78. The molecule has 4 aliphatic rings. The minimum Gasteiger partial charge on any atom is -0.464 e. The van der Waals surface area contributed by atoms with Gasteiger partial charge in [-0.2, -0.15) is 0 Å². The predicted octanol–water partition coefficient (Wildman–Crippen LogP) is 0.895. The highest BCUT2D eigenvalue weighted by atomic mass is 16.6. The number of carbonyl (C=O) groups is 3. The van der Waals surface area contributed by atoms with Crippen LogP contribution >= 0.6 is 0 Å². The standard InChI is InChI=1S/C22H25NO7/c24-20(13-4-2-1-3-5-13)29-18-14-12-15-17(22(26)30-19(15)18)16(14)21(25)28-11-8-23-6-9-27-10-7-23/h1-5,14-19H,6-12H2. The Balaban J connectivity index is 1.24. The molecule has 2 saturated heterocycles. The van der Waals surface area contributed by atoms with E-state index >= 15 is 0 Å². The molecule has 30 heavy (non-hydrogen) atoms. The maximum absolute atomic E-state index is 12.9. The second-order valence-corrected chi connectivity index (χ2v) is 8.37. The molecule has 2 bridgehead atoms. The number of fused-ring (bicyclic) bond motifs is 1. The van der Waals surface area contributed by atoms with Crippen LogP contribution in [0, 0.1) is 23.7 Å². The van der Waals surface area contributed by atoms with Crippen LogP contribution in [-0.2, 0) is 28.5 Å². The average Bonchev–Trinajstić information content (AvgIpc) is 3.39. The zero-order valence-electron chi connectivity index (χ0n) is 16.6. The smallest absolute Gasteiger partial charge is 0.338 e. The van der Waals surface area contributed by atoms with E-state index in [0.29, 0.717) is 31.7 Å². The van der Waals surface area contributed by atoms with Crippen LogP contribution in [0.4, 0.5) is 0 Å². The Bertz CT molecular complexity index is 822. The van der Waals surface area contributed by atoms with Crippen molar-refractivity contribution in [2.75, 3.05) is 39.5 Å². The third kappa shape index (κ3) is 3.37. The second-order valence-electron chi connectivity index (χ2n) is 8.37. The molecule has 1 aromatic carbocycles. The summed E-state index contributed by atoms with van der Waals surface area (Å²) in [6.45, 7) is 3.92. The molecule has 1 aromatic rings. The normalized spacial score (nSPS) is 34.6. The van der Waals surface area contributed by atoms with E-state index in [1.165, 1.54) is 0 Å². The number of benzene rings is 1. The van der Waals surface area contributed by atoms with Crippen molar-refractivity contribution in [2.24, 2.45) is 23.7 Å². The number of morpholine rings is 1. The molecule has 2 aliphatic carbocycles. The van der Waals surface area contributed by atoms with E-state index in [1.54, 1.807) is 24.3 Å². The fraction of sp³-hybridized carbons (Fsp3) is 0.591. The lowest BCUT2D eigenvalue weighted by Gasteiger charge is -2.30. The third-order valence-electron chi connectivity index (χ3n) is 6.83. The van der Waals surface area contributed by atoms with Crippen molar-refractivity contribution in [1.29, 1.82) is 0 Å². The molecule has 0 radical (unpaired) electrons. The zero-order chi connectivity index (χ0) is 20.7. The molecule has 6 atom stereocenters. The van der Waals surface area contributed by atoms with Gasteiger partial charge >= 0.3 is 17.9 Å². The van der Waals surface area contributed by atoms with Crippen LogP contribution in [0.1, 0.15) is 16.8 Å². The van der Waals surface area contributed by atoms with E-state index < -0.39 is 30.0 Å². The Labute approximate surface area is 174 Å². The van der Waals surface area contributed by atoms with Gasteiger partial charge in [-0.05, 0) is 18.6 Å². The topological polar surface area (TPSA) is 91.4 Å². The van der Waals surface area contributed by atoms with Gasteiger partial charge < -0.3 is 18.9 Å². The Hall–Kier alpha value is -2.45. The molecule has 160 valence electrons. The molecular weight excluding hydrogens is 390 g/mol. The fourth-order valence-electron chi connectivity index (χ4n) is 5.43. The van der Waals surface area contributed by atoms with Crippen LogP contribution in [0.2, 0.25) is 0 Å². The summed E-state index contributed by atoms with van der Waals surface area (Å²) in [5, 5.41) is 0. The molecule has 8 nitrogen and oxygen atoms in total. The first kappa shape index (κ1) is 19.5. The van der Waals surface area contributed by atoms with Crippen LogP contribution in [0.3, 0.4) is 0 Å². The third-order valence-corrected chi connectivity index (χ3v) is 6.83. The summed E-state index contributed by atoms with van der Waals surface area (Å²) in [5.41, 5.74) is 0.436. The van der Waals surface area contributed by atoms with E-state index in [9.17, 15) is 14.4 Å². The van der Waals surface area contributed by atoms with Crippen molar-refractivity contribution in [1.82, 2.24) is 4.90 Å². The molecular formula is C22H25NO7. The number of carbonyl (C=O) groups excluding carboxylic acids is 3. The molecule has 0 spiro atoms. The lowest BCUT2D eigenvalue weighted by molar-refractivity contribution is -0.156. The van der Waals surface area contributed by atoms with Gasteiger partial charge in [-0.3, -0.25) is 14.5 Å². The number of nitrogens with zero attached hydrogens (tertiary/aromatic N) is 1. The number of hydrogen-bond acceptors (Lipinski definition) is 8. The predicted molar refractivity (Wildman–Crippen MR) is 102 cm³/mol. The first-order chi connectivity index (χ1) is 14.6. The highest BCUT2D eigenvalue weighted by Gasteiger charge is 2.70. The van der Waals surface area contributed by atoms with Gasteiger partial charge in [0.15, 0.2) is 0 Å². The average molecular weight is 415 g/mol. The van der Waals surface area contributed by atoms with Gasteiger partial charge in [0.05, 0.1) is 30.6 Å². The van der Waals surface area contributed by atoms with Gasteiger partial charge in [0.2, 0.25) is 0 Å². The van der Waals surface area contributed by atoms with E-state index in [4.69, 9.17) is 18.9 Å². The first-order valence-electron chi connectivity index (χ1n) is 10.6.